The summed E-state index contributed by atoms with van der Waals surface area (Å²) in [4.78, 5) is 36.9. The van der Waals surface area contributed by atoms with Gasteiger partial charge in [-0.05, 0) is 0 Å². The summed E-state index contributed by atoms with van der Waals surface area (Å²) in [5.41, 5.74) is 0. The van der Waals surface area contributed by atoms with Gasteiger partial charge in [0.2, 0.25) is 17.7 Å². The average Bonchev–Trinajstić information content (AvgIpc) is 3.69. The predicted molar refractivity (Wildman–Crippen MR) is 261 cm³/mol. The van der Waals surface area contributed by atoms with E-state index in [1.807, 2.05) is 0 Å². The Morgan fingerprint density at radius 2 is 0.635 bits per heavy atom. The highest BCUT2D eigenvalue weighted by atomic mass is 16.8. The molecule has 0 unspecified atom stereocenters. The molecule has 7 aliphatic heterocycles. The molecule has 492 valence electrons. The van der Waals surface area contributed by atoms with E-state index in [-0.39, 0.29) is 0 Å². The number of nitrogens with one attached hydrogen (secondary N) is 3. The van der Waals surface area contributed by atoms with Crippen molar-refractivity contribution in [2.24, 2.45) is 0 Å². The number of rotatable bonds is 22. The minimum atomic E-state index is -2.29. The van der Waals surface area contributed by atoms with Crippen molar-refractivity contribution < 1.29 is 173 Å². The van der Waals surface area contributed by atoms with E-state index in [0.717, 1.165) is 20.8 Å². The van der Waals surface area contributed by atoms with Crippen molar-refractivity contribution in [2.45, 2.75) is 229 Å². The molecule has 7 rings (SSSR count). The van der Waals surface area contributed by atoms with Gasteiger partial charge in [-0.15, -0.1) is 0 Å². The summed E-state index contributed by atoms with van der Waals surface area (Å²) < 4.78 is 76.2. The molecule has 3 amide bonds. The van der Waals surface area contributed by atoms with Crippen LogP contribution in [0.5, 0.6) is 0 Å². The Morgan fingerprint density at radius 1 is 0.306 bits per heavy atom. The van der Waals surface area contributed by atoms with Gasteiger partial charge >= 0.3 is 0 Å². The SMILES string of the molecule is CC(=O)N[C@@H]1[C@@H](O)[C@H](O[C@@H]2O[C@H](CO)[C@@H](O[C@@H]3O[C@H](CO[C@H]4O[C@H](CO)[C@@H](O[C@@H]5O[C@H](CO)[C@@H](O)[C@H](O)[C@H]5NC(C)=O)[C@H](O)[C@@H]4O)[C@@H](O)[C@H](O[C@H]4O[C@H](CO)[C@@H](O)[C@H](O)[C@@H]4O)[C@@H]3O[C@@H]3O[C@H](CO)[C@H](O)[C@H]3O)[C@H](O)[C@H]2NC(C)=O)[C@@H](CO)O[C@H]1O. The van der Waals surface area contributed by atoms with Gasteiger partial charge in [-0.3, -0.25) is 14.4 Å². The normalized spacial score (nSPS) is 48.8. The molecule has 0 aromatic carbocycles. The second-order valence-corrected chi connectivity index (χ2v) is 21.3. The maximum Gasteiger partial charge on any atom is 0.217 e. The fourth-order valence-corrected chi connectivity index (χ4v) is 10.9. The summed E-state index contributed by atoms with van der Waals surface area (Å²) in [6.07, 6.45) is -60.6. The van der Waals surface area contributed by atoms with Gasteiger partial charge in [0.15, 0.2) is 44.0 Å². The number of carbonyl (C=O) groups is 3. The van der Waals surface area contributed by atoms with Crippen LogP contribution >= 0.6 is 0 Å². The Hall–Kier alpha value is -2.87. The van der Waals surface area contributed by atoms with Crippen LogP contribution in [-0.2, 0) is 76.0 Å². The fraction of sp³-hybridized carbons (Fsp3) is 0.936. The van der Waals surface area contributed by atoms with Crippen LogP contribution in [-0.4, -0.2) is 370 Å². The van der Waals surface area contributed by atoms with Crippen molar-refractivity contribution in [2.75, 3.05) is 46.2 Å². The molecule has 7 aliphatic rings. The molecule has 0 bridgehead atoms. The molecule has 0 aromatic heterocycles. The Morgan fingerprint density at radius 3 is 1.13 bits per heavy atom. The Bertz CT molecular complexity index is 2130. The first kappa shape index (κ1) is 69.6. The van der Waals surface area contributed by atoms with Gasteiger partial charge in [0, 0.05) is 20.8 Å². The van der Waals surface area contributed by atoms with E-state index in [1.165, 1.54) is 0 Å². The first-order chi connectivity index (χ1) is 40.2. The molecule has 0 saturated carbocycles. The lowest BCUT2D eigenvalue weighted by molar-refractivity contribution is -0.398. The smallest absolute Gasteiger partial charge is 0.217 e. The third kappa shape index (κ3) is 15.3. The van der Waals surface area contributed by atoms with Crippen LogP contribution in [0.3, 0.4) is 0 Å². The van der Waals surface area contributed by atoms with E-state index in [9.17, 15) is 111 Å². The van der Waals surface area contributed by atoms with Gasteiger partial charge in [0.25, 0.3) is 0 Å². The van der Waals surface area contributed by atoms with Crippen LogP contribution < -0.4 is 16.0 Å². The summed E-state index contributed by atoms with van der Waals surface area (Å²) >= 11 is 0. The van der Waals surface area contributed by atoms with Gasteiger partial charge < -0.3 is 175 Å². The summed E-state index contributed by atoms with van der Waals surface area (Å²) in [5, 5.41) is 214. The van der Waals surface area contributed by atoms with Crippen LogP contribution in [0.25, 0.3) is 0 Å². The number of ether oxygens (including phenoxy) is 13. The molecular formula is C47H79N3O35. The van der Waals surface area contributed by atoms with Crippen LogP contribution in [0.4, 0.5) is 0 Å². The first-order valence-corrected chi connectivity index (χ1v) is 27.0. The molecule has 38 nitrogen and oxygen atoms in total. The van der Waals surface area contributed by atoms with Crippen LogP contribution in [0.15, 0.2) is 0 Å². The highest BCUT2D eigenvalue weighted by Crippen LogP contribution is 2.39. The second kappa shape index (κ2) is 30.3. The van der Waals surface area contributed by atoms with E-state index >= 15 is 0 Å². The molecule has 22 N–H and O–H groups in total. The molecule has 34 atom stereocenters. The van der Waals surface area contributed by atoms with Crippen molar-refractivity contribution in [3.63, 3.8) is 0 Å². The number of hydrogen-bond acceptors (Lipinski definition) is 35. The van der Waals surface area contributed by atoms with Crippen molar-refractivity contribution in [3.05, 3.63) is 0 Å². The Balaban J connectivity index is 1.22. The number of aliphatic hydroxyl groups is 19. The average molecular weight is 1250 g/mol. The maximum absolute atomic E-state index is 12.8. The third-order valence-electron chi connectivity index (χ3n) is 15.4. The molecule has 0 aromatic rings. The zero-order valence-corrected chi connectivity index (χ0v) is 45.6. The zero-order valence-electron chi connectivity index (χ0n) is 45.6. The second-order valence-electron chi connectivity index (χ2n) is 21.3. The maximum atomic E-state index is 12.8. The van der Waals surface area contributed by atoms with E-state index in [4.69, 9.17) is 61.6 Å². The number of amides is 3. The molecule has 85 heavy (non-hydrogen) atoms. The molecule has 7 heterocycles. The van der Waals surface area contributed by atoms with Gasteiger partial charge in [-0.1, -0.05) is 0 Å². The summed E-state index contributed by atoms with van der Waals surface area (Å²) in [6, 6.07) is -5.00. The Kier molecular flexibility index (Phi) is 24.8. The first-order valence-electron chi connectivity index (χ1n) is 27.0. The van der Waals surface area contributed by atoms with Crippen molar-refractivity contribution in [1.29, 1.82) is 0 Å². The predicted octanol–water partition coefficient (Wildman–Crippen LogP) is -15.2. The molecular weight excluding hydrogens is 1170 g/mol. The zero-order chi connectivity index (χ0) is 62.6. The van der Waals surface area contributed by atoms with Gasteiger partial charge in [-0.25, -0.2) is 0 Å². The largest absolute Gasteiger partial charge is 0.394 e. The van der Waals surface area contributed by atoms with E-state index in [2.05, 4.69) is 16.0 Å². The molecule has 38 heteroatoms. The van der Waals surface area contributed by atoms with Crippen LogP contribution in [0, 0.1) is 0 Å². The summed E-state index contributed by atoms with van der Waals surface area (Å²) in [7, 11) is 0. The van der Waals surface area contributed by atoms with Crippen LogP contribution in [0.2, 0.25) is 0 Å². The molecule has 7 saturated heterocycles. The third-order valence-corrected chi connectivity index (χ3v) is 15.4. The Labute approximate surface area is 481 Å². The minimum absolute atomic E-state index is 0.746. The fourth-order valence-electron chi connectivity index (χ4n) is 10.9. The number of hydrogen-bond donors (Lipinski definition) is 22. The lowest BCUT2D eigenvalue weighted by Gasteiger charge is -2.51. The van der Waals surface area contributed by atoms with Crippen molar-refractivity contribution in [1.82, 2.24) is 16.0 Å². The van der Waals surface area contributed by atoms with Gasteiger partial charge in [0.1, 0.15) is 165 Å². The molecule has 7 fully saturated rings. The van der Waals surface area contributed by atoms with Crippen LogP contribution in [0.1, 0.15) is 20.8 Å². The van der Waals surface area contributed by atoms with Gasteiger partial charge in [-0.2, -0.15) is 0 Å². The molecule has 0 aliphatic carbocycles. The van der Waals surface area contributed by atoms with E-state index < -0.39 is 273 Å². The lowest BCUT2D eigenvalue weighted by atomic mass is 9.93. The highest BCUT2D eigenvalue weighted by molar-refractivity contribution is 5.74. The number of carbonyl (C=O) groups excluding carboxylic acids is 3. The van der Waals surface area contributed by atoms with Gasteiger partial charge in [0.05, 0.1) is 46.2 Å². The monoisotopic (exact) mass is 1250 g/mol. The van der Waals surface area contributed by atoms with Crippen molar-refractivity contribution in [3.8, 4) is 0 Å². The van der Waals surface area contributed by atoms with E-state index in [1.54, 1.807) is 0 Å². The van der Waals surface area contributed by atoms with E-state index in [0.29, 0.717) is 0 Å². The molecule has 0 spiro atoms. The topological polar surface area (TPSA) is 592 Å². The lowest BCUT2D eigenvalue weighted by Crippen LogP contribution is -2.70. The standard InChI is InChI=1S/C47H79N3O35/c1-11(57)48-21-29(65)36(17(7-54)74-41(21)72)81-43-23(50-13(3)59)30(66)37(18(8-55)78-43)83-47-40(85-45-33(69)26(62)16(6-53)77-45)39(84-46-34(70)31(67)25(61)15(5-52)76-46)27(63)20(80-47)10-73-44-35(71)32(68)38(19(9-56)79-44)82-42-22(49-12(2)58)28(64)24(60)14(4-51)75-42/h14-47,51-56,60-72H,4-10H2,1-3H3,(H,48,57)(H,49,58)(H,50,59)/t14-,15-,16-,17-,18-,19-,20-,21-,22-,23-,24-,25-,26+,27-,28-,29-,30-,31+,32-,33-,34+,35+,36-,37-,38-,39+,40+,41-,42+,43+,44+,45+,46-,47+/m1/s1. The quantitative estimate of drug-likeness (QED) is 0.0479. The highest BCUT2D eigenvalue weighted by Gasteiger charge is 2.59. The summed E-state index contributed by atoms with van der Waals surface area (Å²) in [6.45, 7) is -3.87. The van der Waals surface area contributed by atoms with Crippen molar-refractivity contribution >= 4 is 17.7 Å². The minimum Gasteiger partial charge on any atom is -0.394 e. The molecule has 0 radical (unpaired) electrons. The number of aliphatic hydroxyl groups excluding tert-OH is 19. The summed E-state index contributed by atoms with van der Waals surface area (Å²) in [5.74, 6) is -2.38.